The standard InChI is InChI=1S/C28H28N8O2/c1-2-24(37)35-12-9-19(15-35)25-22-8-11-32-28(30)36(22)26(34-25)18-5-6-20(21(29)13-18)27(38)33-23-14-17(7-10-31-23)16-3-4-16/h2,5-8,10-11,13-14,16,19H,1,3-4,9,12,15,29H2,(H2,30,32)(H,31,33,38). The molecule has 6 rings (SSSR count). The summed E-state index contributed by atoms with van der Waals surface area (Å²) in [6, 6.07) is 11.0. The van der Waals surface area contributed by atoms with Gasteiger partial charge in [0.1, 0.15) is 11.6 Å². The zero-order valence-electron chi connectivity index (χ0n) is 20.8. The second-order valence-corrected chi connectivity index (χ2v) is 9.82. The minimum absolute atomic E-state index is 0.0470. The van der Waals surface area contributed by atoms with E-state index in [0.717, 1.165) is 17.6 Å². The van der Waals surface area contributed by atoms with Gasteiger partial charge in [-0.05, 0) is 67.2 Å². The number of anilines is 3. The van der Waals surface area contributed by atoms with Crippen LogP contribution in [-0.4, -0.2) is 49.2 Å². The molecular weight excluding hydrogens is 480 g/mol. The van der Waals surface area contributed by atoms with Crippen molar-refractivity contribution in [3.8, 4) is 11.4 Å². The molecule has 4 aromatic rings. The van der Waals surface area contributed by atoms with Crippen LogP contribution in [0.1, 0.15) is 52.7 Å². The van der Waals surface area contributed by atoms with Crippen molar-refractivity contribution < 1.29 is 9.59 Å². The smallest absolute Gasteiger partial charge is 0.258 e. The third kappa shape index (κ3) is 4.23. The summed E-state index contributed by atoms with van der Waals surface area (Å²) in [5.41, 5.74) is 16.8. The molecule has 10 nitrogen and oxygen atoms in total. The fourth-order valence-electron chi connectivity index (χ4n) is 5.17. The minimum atomic E-state index is -0.331. The Morgan fingerprint density at radius 2 is 1.84 bits per heavy atom. The second kappa shape index (κ2) is 9.29. The predicted octanol–water partition coefficient (Wildman–Crippen LogP) is 3.59. The second-order valence-electron chi connectivity index (χ2n) is 9.82. The average Bonchev–Trinajstić information content (AvgIpc) is 3.52. The Morgan fingerprint density at radius 3 is 2.61 bits per heavy atom. The average molecular weight is 509 g/mol. The van der Waals surface area contributed by atoms with Crippen LogP contribution in [0.25, 0.3) is 16.9 Å². The van der Waals surface area contributed by atoms with Gasteiger partial charge < -0.3 is 21.7 Å². The number of nitrogens with one attached hydrogen (secondary N) is 1. The lowest BCUT2D eigenvalue weighted by Gasteiger charge is -2.13. The molecule has 5 N–H and O–H groups in total. The number of nitrogen functional groups attached to an aromatic ring is 2. The van der Waals surface area contributed by atoms with Gasteiger partial charge >= 0.3 is 0 Å². The third-order valence-electron chi connectivity index (χ3n) is 7.30. The minimum Gasteiger partial charge on any atom is -0.398 e. The first-order chi connectivity index (χ1) is 18.4. The van der Waals surface area contributed by atoms with E-state index in [4.69, 9.17) is 16.5 Å². The Balaban J connectivity index is 1.31. The highest BCUT2D eigenvalue weighted by atomic mass is 16.2. The zero-order chi connectivity index (χ0) is 26.4. The van der Waals surface area contributed by atoms with Crippen molar-refractivity contribution >= 4 is 34.8 Å². The molecule has 1 aliphatic heterocycles. The van der Waals surface area contributed by atoms with Crippen LogP contribution in [-0.2, 0) is 4.79 Å². The SMILES string of the molecule is C=CC(=O)N1CCC(c2nc(-c3ccc(C(=O)Nc4cc(C5CC5)ccn4)c(N)c3)n3c(N)nccc23)C1. The van der Waals surface area contributed by atoms with Crippen molar-refractivity contribution in [3.05, 3.63) is 78.3 Å². The van der Waals surface area contributed by atoms with E-state index in [1.165, 1.54) is 24.5 Å². The molecule has 0 spiro atoms. The van der Waals surface area contributed by atoms with Gasteiger partial charge in [-0.2, -0.15) is 0 Å². The van der Waals surface area contributed by atoms with Gasteiger partial charge in [0.15, 0.2) is 0 Å². The molecule has 192 valence electrons. The summed E-state index contributed by atoms with van der Waals surface area (Å²) in [7, 11) is 0. The highest BCUT2D eigenvalue weighted by molar-refractivity contribution is 6.07. The number of rotatable bonds is 6. The number of fused-ring (bicyclic) bond motifs is 1. The van der Waals surface area contributed by atoms with Gasteiger partial charge in [0.05, 0.1) is 16.8 Å². The lowest BCUT2D eigenvalue weighted by molar-refractivity contribution is -0.125. The highest BCUT2D eigenvalue weighted by Crippen LogP contribution is 2.40. The zero-order valence-corrected chi connectivity index (χ0v) is 20.8. The Kier molecular flexibility index (Phi) is 5.79. The number of hydrogen-bond donors (Lipinski definition) is 3. The first-order valence-electron chi connectivity index (χ1n) is 12.6. The van der Waals surface area contributed by atoms with Crippen LogP contribution in [0.4, 0.5) is 17.5 Å². The van der Waals surface area contributed by atoms with E-state index in [-0.39, 0.29) is 23.7 Å². The van der Waals surface area contributed by atoms with Crippen LogP contribution >= 0.6 is 0 Å². The molecule has 0 bridgehead atoms. The van der Waals surface area contributed by atoms with Crippen LogP contribution in [0.15, 0.2) is 61.4 Å². The van der Waals surface area contributed by atoms with E-state index in [1.807, 2.05) is 18.2 Å². The van der Waals surface area contributed by atoms with Crippen LogP contribution in [0.2, 0.25) is 0 Å². The molecule has 1 saturated heterocycles. The molecule has 1 aliphatic carbocycles. The third-order valence-corrected chi connectivity index (χ3v) is 7.30. The molecule has 1 atom stereocenters. The largest absolute Gasteiger partial charge is 0.398 e. The predicted molar refractivity (Wildman–Crippen MR) is 146 cm³/mol. The Labute approximate surface area is 219 Å². The fraction of sp³-hybridized carbons (Fsp3) is 0.250. The van der Waals surface area contributed by atoms with E-state index >= 15 is 0 Å². The van der Waals surface area contributed by atoms with Crippen LogP contribution in [0.5, 0.6) is 0 Å². The monoisotopic (exact) mass is 508 g/mol. The number of carbonyl (C=O) groups is 2. The summed E-state index contributed by atoms with van der Waals surface area (Å²) >= 11 is 0. The van der Waals surface area contributed by atoms with Gasteiger partial charge in [-0.1, -0.05) is 12.6 Å². The summed E-state index contributed by atoms with van der Waals surface area (Å²) in [5.74, 6) is 1.55. The lowest BCUT2D eigenvalue weighted by atomic mass is 10.0. The lowest BCUT2D eigenvalue weighted by Crippen LogP contribution is -2.26. The van der Waals surface area contributed by atoms with Crippen molar-refractivity contribution in [2.75, 3.05) is 29.9 Å². The number of aromatic nitrogens is 4. The van der Waals surface area contributed by atoms with Crippen LogP contribution in [0.3, 0.4) is 0 Å². The Morgan fingerprint density at radius 1 is 1.03 bits per heavy atom. The van der Waals surface area contributed by atoms with Gasteiger partial charge in [0, 0.05) is 42.7 Å². The van der Waals surface area contributed by atoms with Gasteiger partial charge in [-0.25, -0.2) is 15.0 Å². The normalized spacial score (nSPS) is 17.1. The molecule has 0 radical (unpaired) electrons. The summed E-state index contributed by atoms with van der Waals surface area (Å²) in [6.07, 6.45) is 7.82. The van der Waals surface area contributed by atoms with E-state index in [0.29, 0.717) is 47.5 Å². The molecule has 3 aromatic heterocycles. The van der Waals surface area contributed by atoms with Gasteiger partial charge in [0.2, 0.25) is 11.9 Å². The molecule has 2 fully saturated rings. The van der Waals surface area contributed by atoms with Gasteiger partial charge in [-0.15, -0.1) is 0 Å². The molecule has 2 amide bonds. The number of benzene rings is 1. The summed E-state index contributed by atoms with van der Waals surface area (Å²) < 4.78 is 1.79. The summed E-state index contributed by atoms with van der Waals surface area (Å²) in [5, 5.41) is 2.86. The van der Waals surface area contributed by atoms with Crippen molar-refractivity contribution in [3.63, 3.8) is 0 Å². The molecule has 2 aliphatic rings. The number of imidazole rings is 1. The van der Waals surface area contributed by atoms with Crippen molar-refractivity contribution in [1.29, 1.82) is 0 Å². The maximum absolute atomic E-state index is 13.0. The topological polar surface area (TPSA) is 145 Å². The van der Waals surface area contributed by atoms with E-state index in [2.05, 4.69) is 21.9 Å². The van der Waals surface area contributed by atoms with Crippen LogP contribution in [0, 0.1) is 0 Å². The highest BCUT2D eigenvalue weighted by Gasteiger charge is 2.30. The van der Waals surface area contributed by atoms with Crippen molar-refractivity contribution in [2.24, 2.45) is 0 Å². The molecule has 4 heterocycles. The molecule has 1 saturated carbocycles. The van der Waals surface area contributed by atoms with Crippen molar-refractivity contribution in [1.82, 2.24) is 24.3 Å². The molecule has 10 heteroatoms. The number of likely N-dealkylation sites (tertiary alicyclic amines) is 1. The molecule has 1 unspecified atom stereocenters. The maximum Gasteiger partial charge on any atom is 0.258 e. The number of amides is 2. The van der Waals surface area contributed by atoms with E-state index in [1.54, 1.807) is 39.9 Å². The number of nitrogens with zero attached hydrogens (tertiary/aromatic N) is 5. The number of carbonyl (C=O) groups excluding carboxylic acids is 2. The Hall–Kier alpha value is -4.73. The van der Waals surface area contributed by atoms with E-state index < -0.39 is 0 Å². The number of pyridine rings is 1. The Bertz CT molecular complexity index is 1590. The maximum atomic E-state index is 13.0. The molecule has 1 aromatic carbocycles. The number of nitrogens with two attached hydrogens (primary N) is 2. The summed E-state index contributed by atoms with van der Waals surface area (Å²) in [6.45, 7) is 4.78. The quantitative estimate of drug-likeness (QED) is 0.267. The number of hydrogen-bond acceptors (Lipinski definition) is 7. The fourth-order valence-corrected chi connectivity index (χ4v) is 5.17. The first-order valence-corrected chi connectivity index (χ1v) is 12.6. The summed E-state index contributed by atoms with van der Waals surface area (Å²) in [4.78, 5) is 40.4. The van der Waals surface area contributed by atoms with Crippen LogP contribution < -0.4 is 16.8 Å². The first kappa shape index (κ1) is 23.7. The van der Waals surface area contributed by atoms with E-state index in [9.17, 15) is 9.59 Å². The van der Waals surface area contributed by atoms with Crippen molar-refractivity contribution in [2.45, 2.75) is 31.1 Å². The van der Waals surface area contributed by atoms with Gasteiger partial charge in [0.25, 0.3) is 5.91 Å². The molecule has 38 heavy (non-hydrogen) atoms. The van der Waals surface area contributed by atoms with Gasteiger partial charge in [-0.3, -0.25) is 14.0 Å². The molecular formula is C28H28N8O2.